The molecule has 0 saturated carbocycles. The standard InChI is InChI=1S/C10H21ClN2OSi/c1-3-8-14-15(2,11)9-4-6-13-7-5-12-10-13/h10H,3-9H2,1-2H3. The molecule has 0 saturated heterocycles. The van der Waals surface area contributed by atoms with Crippen LogP contribution in [0.3, 0.4) is 0 Å². The summed E-state index contributed by atoms with van der Waals surface area (Å²) in [6, 6.07) is 1.03. The summed E-state index contributed by atoms with van der Waals surface area (Å²) in [6.45, 7) is 8.08. The van der Waals surface area contributed by atoms with Crippen molar-refractivity contribution in [2.24, 2.45) is 4.99 Å². The van der Waals surface area contributed by atoms with Crippen LogP contribution in [0.15, 0.2) is 4.99 Å². The zero-order chi connectivity index (χ0) is 11.1. The smallest absolute Gasteiger partial charge is 0.287 e. The van der Waals surface area contributed by atoms with Crippen molar-refractivity contribution in [1.29, 1.82) is 0 Å². The lowest BCUT2D eigenvalue weighted by molar-refractivity contribution is 0.313. The summed E-state index contributed by atoms with van der Waals surface area (Å²) < 4.78 is 5.70. The van der Waals surface area contributed by atoms with Crippen molar-refractivity contribution in [3.63, 3.8) is 0 Å². The first-order valence-corrected chi connectivity index (χ1v) is 9.33. The van der Waals surface area contributed by atoms with Gasteiger partial charge in [0.25, 0.3) is 7.63 Å². The molecule has 1 atom stereocenters. The third kappa shape index (κ3) is 5.54. The Kier molecular flexibility index (Phi) is 5.64. The molecule has 3 nitrogen and oxygen atoms in total. The van der Waals surface area contributed by atoms with E-state index in [4.69, 9.17) is 15.5 Å². The van der Waals surface area contributed by atoms with Gasteiger partial charge in [-0.1, -0.05) is 6.92 Å². The first-order valence-electron chi connectivity index (χ1n) is 5.71. The lowest BCUT2D eigenvalue weighted by atomic mass is 10.4. The Morgan fingerprint density at radius 3 is 3.00 bits per heavy atom. The molecule has 0 aliphatic carbocycles. The molecule has 1 aliphatic heterocycles. The van der Waals surface area contributed by atoms with Gasteiger partial charge in [0.05, 0.1) is 12.9 Å². The summed E-state index contributed by atoms with van der Waals surface area (Å²) in [7, 11) is -1.90. The van der Waals surface area contributed by atoms with Crippen LogP contribution < -0.4 is 0 Å². The summed E-state index contributed by atoms with van der Waals surface area (Å²) in [5, 5.41) is 0. The SMILES string of the molecule is CCCO[Si](C)(Cl)CCCN1C=NCC1. The highest BCUT2D eigenvalue weighted by Gasteiger charge is 2.25. The summed E-state index contributed by atoms with van der Waals surface area (Å²) in [5.74, 6) is 0. The van der Waals surface area contributed by atoms with E-state index in [9.17, 15) is 0 Å². The molecule has 0 spiro atoms. The van der Waals surface area contributed by atoms with Crippen LogP contribution >= 0.6 is 11.1 Å². The second kappa shape index (κ2) is 6.50. The number of nitrogens with zero attached hydrogens (tertiary/aromatic N) is 2. The molecule has 0 amide bonds. The summed E-state index contributed by atoms with van der Waals surface area (Å²) in [6.07, 6.45) is 4.11. The van der Waals surface area contributed by atoms with Gasteiger partial charge in [-0.15, -0.1) is 11.1 Å². The number of hydrogen-bond donors (Lipinski definition) is 0. The molecule has 1 aliphatic rings. The molecule has 0 aromatic rings. The van der Waals surface area contributed by atoms with Gasteiger partial charge in [-0.05, 0) is 25.4 Å². The minimum absolute atomic E-state index is 0.803. The number of hydrogen-bond acceptors (Lipinski definition) is 3. The quantitative estimate of drug-likeness (QED) is 0.511. The van der Waals surface area contributed by atoms with Crippen molar-refractivity contribution in [2.75, 3.05) is 26.2 Å². The maximum atomic E-state index is 6.36. The van der Waals surface area contributed by atoms with Gasteiger partial charge in [0.15, 0.2) is 0 Å². The average Bonchev–Trinajstić information content (AvgIpc) is 2.67. The highest BCUT2D eigenvalue weighted by Crippen LogP contribution is 2.19. The van der Waals surface area contributed by atoms with Crippen molar-refractivity contribution in [3.8, 4) is 0 Å². The fourth-order valence-corrected chi connectivity index (χ4v) is 3.77. The number of aliphatic imine (C=N–C) groups is 1. The Balaban J connectivity index is 2.09. The van der Waals surface area contributed by atoms with E-state index in [2.05, 4.69) is 23.4 Å². The molecule has 15 heavy (non-hydrogen) atoms. The molecule has 1 rings (SSSR count). The van der Waals surface area contributed by atoms with Crippen LogP contribution in [0.25, 0.3) is 0 Å². The number of rotatable bonds is 7. The first kappa shape index (κ1) is 13.0. The zero-order valence-electron chi connectivity index (χ0n) is 9.71. The van der Waals surface area contributed by atoms with Crippen molar-refractivity contribution in [3.05, 3.63) is 0 Å². The van der Waals surface area contributed by atoms with Crippen LogP contribution in [0.5, 0.6) is 0 Å². The van der Waals surface area contributed by atoms with Crippen LogP contribution in [0.1, 0.15) is 19.8 Å². The van der Waals surface area contributed by atoms with E-state index < -0.39 is 7.63 Å². The first-order chi connectivity index (χ1) is 7.14. The summed E-state index contributed by atoms with van der Waals surface area (Å²) in [5.41, 5.74) is 0. The highest BCUT2D eigenvalue weighted by molar-refractivity contribution is 7.16. The third-order valence-corrected chi connectivity index (χ3v) is 5.38. The Morgan fingerprint density at radius 2 is 2.40 bits per heavy atom. The molecular formula is C10H21ClN2OSi. The van der Waals surface area contributed by atoms with Crippen LogP contribution in [0, 0.1) is 0 Å². The van der Waals surface area contributed by atoms with E-state index in [1.54, 1.807) is 0 Å². The van der Waals surface area contributed by atoms with Gasteiger partial charge in [-0.2, -0.15) is 0 Å². The third-order valence-electron chi connectivity index (χ3n) is 2.44. The minimum atomic E-state index is -1.90. The van der Waals surface area contributed by atoms with Gasteiger partial charge >= 0.3 is 0 Å². The average molecular weight is 249 g/mol. The topological polar surface area (TPSA) is 24.8 Å². The van der Waals surface area contributed by atoms with Gasteiger partial charge < -0.3 is 9.33 Å². The van der Waals surface area contributed by atoms with Gasteiger partial charge in [0.1, 0.15) is 0 Å². The monoisotopic (exact) mass is 248 g/mol. The lowest BCUT2D eigenvalue weighted by Gasteiger charge is -2.21. The lowest BCUT2D eigenvalue weighted by Crippen LogP contribution is -2.30. The Hall–Kier alpha value is -0.0631. The maximum absolute atomic E-state index is 6.36. The largest absolute Gasteiger partial charge is 0.403 e. The Labute approximate surface area is 98.3 Å². The Morgan fingerprint density at radius 1 is 1.60 bits per heavy atom. The predicted octanol–water partition coefficient (Wildman–Crippen LogP) is 2.46. The van der Waals surface area contributed by atoms with Crippen molar-refractivity contribution in [2.45, 2.75) is 32.4 Å². The molecular weight excluding hydrogens is 228 g/mol. The molecule has 0 bridgehead atoms. The van der Waals surface area contributed by atoms with Crippen LogP contribution in [-0.4, -0.2) is 45.1 Å². The van der Waals surface area contributed by atoms with Crippen LogP contribution in [-0.2, 0) is 4.43 Å². The Bertz CT molecular complexity index is 212. The molecule has 0 N–H and O–H groups in total. The molecule has 0 radical (unpaired) electrons. The molecule has 5 heteroatoms. The fourth-order valence-electron chi connectivity index (χ4n) is 1.57. The maximum Gasteiger partial charge on any atom is 0.287 e. The van der Waals surface area contributed by atoms with Gasteiger partial charge in [0.2, 0.25) is 0 Å². The predicted molar refractivity (Wildman–Crippen MR) is 68.1 cm³/mol. The van der Waals surface area contributed by atoms with Crippen molar-refractivity contribution >= 4 is 25.0 Å². The van der Waals surface area contributed by atoms with E-state index in [1.807, 2.05) is 6.34 Å². The van der Waals surface area contributed by atoms with Gasteiger partial charge in [-0.3, -0.25) is 4.99 Å². The molecule has 1 unspecified atom stereocenters. The molecule has 0 aromatic carbocycles. The van der Waals surface area contributed by atoms with Crippen molar-refractivity contribution < 1.29 is 4.43 Å². The van der Waals surface area contributed by atoms with E-state index >= 15 is 0 Å². The normalized spacial score (nSPS) is 19.5. The molecule has 1 heterocycles. The minimum Gasteiger partial charge on any atom is -0.403 e. The van der Waals surface area contributed by atoms with E-state index in [0.717, 1.165) is 45.1 Å². The molecule has 0 aromatic heterocycles. The highest BCUT2D eigenvalue weighted by atomic mass is 35.6. The fraction of sp³-hybridized carbons (Fsp3) is 0.900. The molecule has 0 fully saturated rings. The van der Waals surface area contributed by atoms with Crippen LogP contribution in [0.2, 0.25) is 12.6 Å². The molecule has 88 valence electrons. The van der Waals surface area contributed by atoms with Crippen molar-refractivity contribution in [1.82, 2.24) is 4.90 Å². The van der Waals surface area contributed by atoms with E-state index in [0.29, 0.717) is 0 Å². The van der Waals surface area contributed by atoms with Gasteiger partial charge in [0, 0.05) is 19.7 Å². The second-order valence-corrected chi connectivity index (χ2v) is 9.50. The summed E-state index contributed by atoms with van der Waals surface area (Å²) in [4.78, 5) is 6.43. The second-order valence-electron chi connectivity index (χ2n) is 4.11. The summed E-state index contributed by atoms with van der Waals surface area (Å²) >= 11 is 6.36. The van der Waals surface area contributed by atoms with E-state index in [-0.39, 0.29) is 0 Å². The van der Waals surface area contributed by atoms with E-state index in [1.165, 1.54) is 0 Å². The zero-order valence-corrected chi connectivity index (χ0v) is 11.5. The van der Waals surface area contributed by atoms with Crippen LogP contribution in [0.4, 0.5) is 0 Å². The van der Waals surface area contributed by atoms with Gasteiger partial charge in [-0.25, -0.2) is 0 Å². The number of halogens is 1.